The van der Waals surface area contributed by atoms with E-state index >= 15 is 0 Å². The summed E-state index contributed by atoms with van der Waals surface area (Å²) in [5.41, 5.74) is 0. The second kappa shape index (κ2) is 5.80. The average Bonchev–Trinajstić information content (AvgIpc) is 2.39. The number of carbonyl (C=O) groups excluding carboxylic acids is 1. The molecule has 0 saturated carbocycles. The van der Waals surface area contributed by atoms with E-state index in [2.05, 4.69) is 17.1 Å². The normalized spacial score (nSPS) is 29.1. The molecule has 0 aliphatic carbocycles. The molecule has 0 bridgehead atoms. The molecule has 0 aromatic carbocycles. The Balaban J connectivity index is 1.92. The summed E-state index contributed by atoms with van der Waals surface area (Å²) in [6, 6.07) is 0.291. The van der Waals surface area contributed by atoms with Gasteiger partial charge in [-0.2, -0.15) is 0 Å². The number of rotatable bonds is 2. The highest BCUT2D eigenvalue weighted by atomic mass is 16.5. The van der Waals surface area contributed by atoms with E-state index in [1.165, 1.54) is 0 Å². The second-order valence-corrected chi connectivity index (χ2v) is 4.91. The van der Waals surface area contributed by atoms with E-state index in [1.54, 1.807) is 0 Å². The summed E-state index contributed by atoms with van der Waals surface area (Å²) < 4.78 is 5.32. The number of carbonyl (C=O) groups is 1. The molecule has 0 spiro atoms. The van der Waals surface area contributed by atoms with Gasteiger partial charge in [0.2, 0.25) is 5.91 Å². The summed E-state index contributed by atoms with van der Waals surface area (Å²) in [6.07, 6.45) is 0. The highest BCUT2D eigenvalue weighted by molar-refractivity contribution is 5.82. The molecule has 0 aromatic heterocycles. The smallest absolute Gasteiger partial charge is 0.239 e. The molecule has 5 nitrogen and oxygen atoms in total. The van der Waals surface area contributed by atoms with Gasteiger partial charge in [-0.25, -0.2) is 0 Å². The molecule has 1 unspecified atom stereocenters. The molecule has 0 radical (unpaired) electrons. The lowest BCUT2D eigenvalue weighted by molar-refractivity contribution is -0.140. The van der Waals surface area contributed by atoms with Crippen molar-refractivity contribution in [2.45, 2.75) is 25.9 Å². The standard InChI is InChI=1S/C12H23N3O2/c1-10-9-13-3-4-15(10)12(16)11(2)14-5-7-17-8-6-14/h10-11,13H,3-9H2,1-2H3/t10-,11?/m0/s1. The van der Waals surface area contributed by atoms with Gasteiger partial charge >= 0.3 is 0 Å². The van der Waals surface area contributed by atoms with Crippen LogP contribution in [0.2, 0.25) is 0 Å². The molecule has 1 N–H and O–H groups in total. The maximum Gasteiger partial charge on any atom is 0.239 e. The van der Waals surface area contributed by atoms with Crippen LogP contribution in [0.5, 0.6) is 0 Å². The van der Waals surface area contributed by atoms with Crippen LogP contribution >= 0.6 is 0 Å². The Morgan fingerprint density at radius 2 is 2.06 bits per heavy atom. The van der Waals surface area contributed by atoms with Crippen molar-refractivity contribution in [3.63, 3.8) is 0 Å². The molecule has 2 saturated heterocycles. The van der Waals surface area contributed by atoms with Crippen LogP contribution in [-0.2, 0) is 9.53 Å². The molecule has 2 rings (SSSR count). The van der Waals surface area contributed by atoms with Crippen LogP contribution in [0.15, 0.2) is 0 Å². The Bertz CT molecular complexity index is 266. The predicted molar refractivity (Wildman–Crippen MR) is 65.9 cm³/mol. The van der Waals surface area contributed by atoms with E-state index in [0.29, 0.717) is 6.04 Å². The number of morpholine rings is 1. The number of ether oxygens (including phenoxy) is 1. The van der Waals surface area contributed by atoms with Crippen LogP contribution in [0.1, 0.15) is 13.8 Å². The van der Waals surface area contributed by atoms with Crippen molar-refractivity contribution in [2.24, 2.45) is 0 Å². The lowest BCUT2D eigenvalue weighted by atomic mass is 10.1. The first-order valence-electron chi connectivity index (χ1n) is 6.53. The highest BCUT2D eigenvalue weighted by Crippen LogP contribution is 2.11. The summed E-state index contributed by atoms with van der Waals surface area (Å²) in [4.78, 5) is 16.7. The molecule has 5 heteroatoms. The Kier molecular flexibility index (Phi) is 4.36. The van der Waals surface area contributed by atoms with Crippen molar-refractivity contribution >= 4 is 5.91 Å². The zero-order valence-corrected chi connectivity index (χ0v) is 10.8. The summed E-state index contributed by atoms with van der Waals surface area (Å²) in [5, 5.41) is 3.31. The number of hydrogen-bond acceptors (Lipinski definition) is 4. The van der Waals surface area contributed by atoms with Crippen molar-refractivity contribution in [3.05, 3.63) is 0 Å². The highest BCUT2D eigenvalue weighted by Gasteiger charge is 2.30. The van der Waals surface area contributed by atoms with Crippen LogP contribution in [-0.4, -0.2) is 73.7 Å². The summed E-state index contributed by atoms with van der Waals surface area (Å²) in [7, 11) is 0. The molecule has 2 aliphatic rings. The maximum absolute atomic E-state index is 12.4. The molecule has 2 atom stereocenters. The molecule has 2 fully saturated rings. The minimum atomic E-state index is -0.0144. The van der Waals surface area contributed by atoms with E-state index in [9.17, 15) is 4.79 Å². The van der Waals surface area contributed by atoms with Gasteiger partial charge in [0.1, 0.15) is 0 Å². The van der Waals surface area contributed by atoms with Crippen LogP contribution in [0.4, 0.5) is 0 Å². The molecule has 2 aliphatic heterocycles. The molecular formula is C12H23N3O2. The average molecular weight is 241 g/mol. The van der Waals surface area contributed by atoms with E-state index in [1.807, 2.05) is 11.8 Å². The maximum atomic E-state index is 12.4. The van der Waals surface area contributed by atoms with Gasteiger partial charge in [-0.15, -0.1) is 0 Å². The summed E-state index contributed by atoms with van der Waals surface area (Å²) in [6.45, 7) is 9.99. The first kappa shape index (κ1) is 12.8. The predicted octanol–water partition coefficient (Wildman–Crippen LogP) is -0.473. The van der Waals surface area contributed by atoms with Crippen molar-refractivity contribution in [1.82, 2.24) is 15.1 Å². The Morgan fingerprint density at radius 3 is 2.71 bits per heavy atom. The van der Waals surface area contributed by atoms with Gasteiger partial charge in [0.25, 0.3) is 0 Å². The third-order valence-corrected chi connectivity index (χ3v) is 3.74. The SMILES string of the molecule is CC(C(=O)N1CCNC[C@@H]1C)N1CCOCC1. The van der Waals surface area contributed by atoms with E-state index < -0.39 is 0 Å². The first-order chi connectivity index (χ1) is 8.20. The Hall–Kier alpha value is -0.650. The largest absolute Gasteiger partial charge is 0.379 e. The number of nitrogens with one attached hydrogen (secondary N) is 1. The molecule has 17 heavy (non-hydrogen) atoms. The van der Waals surface area contributed by atoms with Gasteiger partial charge in [-0.3, -0.25) is 9.69 Å². The molecule has 98 valence electrons. The fourth-order valence-electron chi connectivity index (χ4n) is 2.53. The zero-order valence-electron chi connectivity index (χ0n) is 10.8. The van der Waals surface area contributed by atoms with Crippen molar-refractivity contribution in [1.29, 1.82) is 0 Å². The molecule has 0 aromatic rings. The Labute approximate surface area is 103 Å². The van der Waals surface area contributed by atoms with E-state index in [4.69, 9.17) is 4.74 Å². The van der Waals surface area contributed by atoms with Gasteiger partial charge in [0.05, 0.1) is 19.3 Å². The van der Waals surface area contributed by atoms with Crippen LogP contribution < -0.4 is 5.32 Å². The lowest BCUT2D eigenvalue weighted by Crippen LogP contribution is -2.58. The number of nitrogens with zero attached hydrogens (tertiary/aromatic N) is 2. The van der Waals surface area contributed by atoms with E-state index in [-0.39, 0.29) is 11.9 Å². The van der Waals surface area contributed by atoms with Crippen molar-refractivity contribution < 1.29 is 9.53 Å². The minimum absolute atomic E-state index is 0.0144. The van der Waals surface area contributed by atoms with Crippen molar-refractivity contribution in [2.75, 3.05) is 45.9 Å². The second-order valence-electron chi connectivity index (χ2n) is 4.91. The quantitative estimate of drug-likeness (QED) is 0.710. The van der Waals surface area contributed by atoms with Gasteiger partial charge in [-0.1, -0.05) is 0 Å². The molecule has 1 amide bonds. The zero-order chi connectivity index (χ0) is 12.3. The fraction of sp³-hybridized carbons (Fsp3) is 0.917. The van der Waals surface area contributed by atoms with Gasteiger partial charge in [-0.05, 0) is 13.8 Å². The van der Waals surface area contributed by atoms with Gasteiger partial charge in [0, 0.05) is 38.8 Å². The summed E-state index contributed by atoms with van der Waals surface area (Å²) in [5.74, 6) is 0.265. The molecule has 2 heterocycles. The third kappa shape index (κ3) is 2.97. The van der Waals surface area contributed by atoms with E-state index in [0.717, 1.165) is 45.9 Å². The molecular weight excluding hydrogens is 218 g/mol. The van der Waals surface area contributed by atoms with Gasteiger partial charge < -0.3 is 15.0 Å². The monoisotopic (exact) mass is 241 g/mol. The third-order valence-electron chi connectivity index (χ3n) is 3.74. The topological polar surface area (TPSA) is 44.8 Å². The summed E-state index contributed by atoms with van der Waals surface area (Å²) >= 11 is 0. The minimum Gasteiger partial charge on any atom is -0.379 e. The van der Waals surface area contributed by atoms with Crippen LogP contribution in [0.25, 0.3) is 0 Å². The number of hydrogen-bond donors (Lipinski definition) is 1. The van der Waals surface area contributed by atoms with Crippen molar-refractivity contribution in [3.8, 4) is 0 Å². The number of amides is 1. The fourth-order valence-corrected chi connectivity index (χ4v) is 2.53. The first-order valence-corrected chi connectivity index (χ1v) is 6.53. The van der Waals surface area contributed by atoms with Gasteiger partial charge in [0.15, 0.2) is 0 Å². The van der Waals surface area contributed by atoms with Crippen LogP contribution in [0, 0.1) is 0 Å². The number of piperazine rings is 1. The van der Waals surface area contributed by atoms with Crippen LogP contribution in [0.3, 0.4) is 0 Å². The lowest BCUT2D eigenvalue weighted by Gasteiger charge is -2.39. The Morgan fingerprint density at radius 1 is 1.35 bits per heavy atom.